The van der Waals surface area contributed by atoms with Crippen molar-refractivity contribution in [2.75, 3.05) is 12.3 Å². The zero-order valence-electron chi connectivity index (χ0n) is 11.3. The molecule has 0 fully saturated rings. The van der Waals surface area contributed by atoms with Crippen LogP contribution >= 0.6 is 0 Å². The number of rotatable bonds is 4. The summed E-state index contributed by atoms with van der Waals surface area (Å²) in [6, 6.07) is 0. The molecule has 0 atom stereocenters. The normalized spacial score (nSPS) is 15.1. The maximum absolute atomic E-state index is 10.7. The Morgan fingerprint density at radius 2 is 1.75 bits per heavy atom. The largest absolute Gasteiger partial charge is 0.526 e. The van der Waals surface area contributed by atoms with Gasteiger partial charge in [0.2, 0.25) is 0 Å². The van der Waals surface area contributed by atoms with Crippen LogP contribution in [-0.4, -0.2) is 30.2 Å². The van der Waals surface area contributed by atoms with Crippen molar-refractivity contribution < 1.29 is 13.0 Å². The molecule has 0 radical (unpaired) electrons. The van der Waals surface area contributed by atoms with E-state index in [1.807, 2.05) is 18.7 Å². The van der Waals surface area contributed by atoms with E-state index in [9.17, 15) is 8.42 Å². The summed E-state index contributed by atoms with van der Waals surface area (Å²) in [6.45, 7) is 18.0. The topological polar surface area (TPSA) is 66.3 Å². The Labute approximate surface area is 119 Å². The van der Waals surface area contributed by atoms with Gasteiger partial charge in [-0.15, -0.1) is 0 Å². The lowest BCUT2D eigenvalue weighted by Gasteiger charge is -2.29. The minimum atomic E-state index is -3.95. The van der Waals surface area contributed by atoms with Crippen LogP contribution in [-0.2, 0) is 10.1 Å². The first-order chi connectivity index (χ1) is 9.28. The second-order valence-corrected chi connectivity index (χ2v) is 5.94. The second-order valence-electron chi connectivity index (χ2n) is 4.37. The lowest BCUT2D eigenvalue weighted by Crippen LogP contribution is -2.25. The standard InChI is InChI=1S/C13H15N3O3S/c1-10-8-12(13(14-3)15-4)9-11(2)16(10)6-5-7-20(17,18)19/h8-9H,5-7H2,1-2H3,(H,17,18,19). The van der Waals surface area contributed by atoms with Crippen molar-refractivity contribution in [2.45, 2.75) is 20.3 Å². The summed E-state index contributed by atoms with van der Waals surface area (Å²) in [5.74, 6) is -0.274. The van der Waals surface area contributed by atoms with Crippen LogP contribution in [0.1, 0.15) is 20.3 Å². The van der Waals surface area contributed by atoms with E-state index in [4.69, 9.17) is 17.7 Å². The molecule has 0 aromatic carbocycles. The first-order valence-electron chi connectivity index (χ1n) is 5.87. The summed E-state index contributed by atoms with van der Waals surface area (Å²) < 4.78 is 30.1. The van der Waals surface area contributed by atoms with Crippen LogP contribution in [0.2, 0.25) is 0 Å². The Morgan fingerprint density at radius 1 is 1.25 bits per heavy atom. The molecule has 0 bridgehead atoms. The minimum absolute atomic E-state index is 0.0151. The van der Waals surface area contributed by atoms with Crippen molar-refractivity contribution in [3.05, 3.63) is 57.8 Å². The summed E-state index contributed by atoms with van der Waals surface area (Å²) >= 11 is 0. The molecule has 0 aromatic heterocycles. The molecule has 0 saturated carbocycles. The summed E-state index contributed by atoms with van der Waals surface area (Å²) in [4.78, 5) is 8.24. The molecule has 1 rings (SSSR count). The van der Waals surface area contributed by atoms with Crippen LogP contribution in [0.5, 0.6) is 0 Å². The molecule has 1 heterocycles. The zero-order chi connectivity index (χ0) is 15.3. The van der Waals surface area contributed by atoms with Crippen LogP contribution in [0.3, 0.4) is 0 Å². The Morgan fingerprint density at radius 3 is 2.15 bits per heavy atom. The average molecular weight is 293 g/mol. The smallest absolute Gasteiger partial charge is 0.349 e. The van der Waals surface area contributed by atoms with E-state index in [0.717, 1.165) is 11.4 Å². The predicted octanol–water partition coefficient (Wildman–Crippen LogP) is 2.44. The maximum atomic E-state index is 10.7. The lowest BCUT2D eigenvalue weighted by atomic mass is 10.1. The van der Waals surface area contributed by atoms with Gasteiger partial charge >= 0.3 is 5.82 Å². The maximum Gasteiger partial charge on any atom is 0.526 e. The van der Waals surface area contributed by atoms with Gasteiger partial charge in [-0.25, -0.2) is 0 Å². The van der Waals surface area contributed by atoms with E-state index in [1.165, 1.54) is 0 Å². The van der Waals surface area contributed by atoms with Crippen LogP contribution in [0, 0.1) is 13.1 Å². The van der Waals surface area contributed by atoms with E-state index in [2.05, 4.69) is 9.69 Å². The van der Waals surface area contributed by atoms with Gasteiger partial charge in [-0.3, -0.25) is 4.55 Å². The summed E-state index contributed by atoms with van der Waals surface area (Å²) in [5.41, 5.74) is 2.23. The Hall–Kier alpha value is -2.09. The molecule has 0 aromatic rings. The number of hydrogen-bond acceptors (Lipinski definition) is 3. The van der Waals surface area contributed by atoms with Crippen molar-refractivity contribution in [2.24, 2.45) is 0 Å². The first-order valence-corrected chi connectivity index (χ1v) is 7.48. The number of allylic oxidation sites excluding steroid dienone is 5. The van der Waals surface area contributed by atoms with Gasteiger partial charge in [-0.2, -0.15) is 18.1 Å². The quantitative estimate of drug-likeness (QED) is 0.638. The molecule has 20 heavy (non-hydrogen) atoms. The second kappa shape index (κ2) is 6.38. The highest BCUT2D eigenvalue weighted by Gasteiger charge is 2.19. The molecule has 0 saturated heterocycles. The van der Waals surface area contributed by atoms with E-state index < -0.39 is 10.1 Å². The number of hydrogen-bond donors (Lipinski definition) is 1. The fourth-order valence-electron chi connectivity index (χ4n) is 1.97. The molecule has 0 aliphatic carbocycles. The van der Waals surface area contributed by atoms with Crippen molar-refractivity contribution in [1.82, 2.24) is 4.90 Å². The third-order valence-corrected chi connectivity index (χ3v) is 3.64. The van der Waals surface area contributed by atoms with E-state index >= 15 is 0 Å². The monoisotopic (exact) mass is 293 g/mol. The molecule has 1 aliphatic heterocycles. The van der Waals surface area contributed by atoms with Gasteiger partial charge in [0.1, 0.15) is 13.1 Å². The van der Waals surface area contributed by atoms with Crippen molar-refractivity contribution in [3.63, 3.8) is 0 Å². The summed E-state index contributed by atoms with van der Waals surface area (Å²) in [7, 11) is -3.95. The highest BCUT2D eigenvalue weighted by Crippen LogP contribution is 2.25. The van der Waals surface area contributed by atoms with Crippen LogP contribution < -0.4 is 0 Å². The fraction of sp³-hybridized carbons (Fsp3) is 0.385. The third-order valence-electron chi connectivity index (χ3n) is 2.83. The minimum Gasteiger partial charge on any atom is -0.349 e. The van der Waals surface area contributed by atoms with E-state index in [0.29, 0.717) is 18.5 Å². The van der Waals surface area contributed by atoms with Crippen molar-refractivity contribution in [3.8, 4) is 0 Å². The van der Waals surface area contributed by atoms with Gasteiger partial charge in [0.15, 0.2) is 0 Å². The van der Waals surface area contributed by atoms with E-state index in [1.54, 1.807) is 12.2 Å². The van der Waals surface area contributed by atoms with Gasteiger partial charge in [-0.05, 0) is 32.4 Å². The average Bonchev–Trinajstić information content (AvgIpc) is 2.33. The highest BCUT2D eigenvalue weighted by molar-refractivity contribution is 7.85. The van der Waals surface area contributed by atoms with Crippen LogP contribution in [0.15, 0.2) is 34.9 Å². The van der Waals surface area contributed by atoms with Crippen molar-refractivity contribution >= 4 is 10.1 Å². The molecular weight excluding hydrogens is 278 g/mol. The van der Waals surface area contributed by atoms with Crippen LogP contribution in [0.25, 0.3) is 9.69 Å². The van der Waals surface area contributed by atoms with Crippen molar-refractivity contribution in [1.29, 1.82) is 0 Å². The lowest BCUT2D eigenvalue weighted by molar-refractivity contribution is 0.416. The summed E-state index contributed by atoms with van der Waals surface area (Å²) in [6.07, 6.45) is 3.75. The Kier molecular flexibility index (Phi) is 5.09. The SMILES string of the molecule is [C-]#[N+]C([N+]#[C-])=C1C=C(C)N(CCCS(=O)(=O)O)C(C)=C1. The molecule has 7 heteroatoms. The molecule has 0 amide bonds. The third kappa shape index (κ3) is 4.23. The van der Waals surface area contributed by atoms with Gasteiger partial charge in [0.25, 0.3) is 10.1 Å². The highest BCUT2D eigenvalue weighted by atomic mass is 32.2. The number of nitrogens with zero attached hydrogens (tertiary/aromatic N) is 3. The fourth-order valence-corrected chi connectivity index (χ4v) is 2.46. The van der Waals surface area contributed by atoms with Gasteiger partial charge in [0, 0.05) is 17.9 Å². The molecule has 1 N–H and O–H groups in total. The first kappa shape index (κ1) is 16.0. The molecule has 6 nitrogen and oxygen atoms in total. The predicted molar refractivity (Wildman–Crippen MR) is 75.5 cm³/mol. The van der Waals surface area contributed by atoms with Crippen LogP contribution in [0.4, 0.5) is 0 Å². The molecule has 0 unspecified atom stereocenters. The summed E-state index contributed by atoms with van der Waals surface area (Å²) in [5, 5.41) is 0. The Bertz CT molecular complexity index is 635. The molecular formula is C13H15N3O3S. The van der Waals surface area contributed by atoms with Gasteiger partial charge < -0.3 is 4.90 Å². The zero-order valence-corrected chi connectivity index (χ0v) is 12.1. The van der Waals surface area contributed by atoms with Gasteiger partial charge in [0.05, 0.1) is 11.3 Å². The van der Waals surface area contributed by atoms with E-state index in [-0.39, 0.29) is 11.6 Å². The molecule has 106 valence electrons. The Balaban J connectivity index is 2.89. The van der Waals surface area contributed by atoms with Gasteiger partial charge in [-0.1, -0.05) is 0 Å². The molecule has 1 aliphatic rings. The molecule has 0 spiro atoms.